The summed E-state index contributed by atoms with van der Waals surface area (Å²) in [5.74, 6) is -0.569. The summed E-state index contributed by atoms with van der Waals surface area (Å²) >= 11 is 0. The molecule has 1 aromatic carbocycles. The Hall–Kier alpha value is -2.83. The summed E-state index contributed by atoms with van der Waals surface area (Å²) in [4.78, 5) is 24.8. The number of amides is 2. The molecule has 0 saturated carbocycles. The summed E-state index contributed by atoms with van der Waals surface area (Å²) in [6, 6.07) is 7.36. The molecule has 1 fully saturated rings. The maximum Gasteiger partial charge on any atom is 0.316 e. The highest BCUT2D eigenvalue weighted by Crippen LogP contribution is 2.28. The number of aromatic nitrogens is 2. The molecule has 2 heterocycles. The van der Waals surface area contributed by atoms with E-state index in [1.165, 1.54) is 4.90 Å². The van der Waals surface area contributed by atoms with Crippen LogP contribution in [0.25, 0.3) is 11.1 Å². The molecule has 21 heavy (non-hydrogen) atoms. The number of nitrogens with one attached hydrogen (secondary N) is 1. The number of carbonyl (C=O) groups is 2. The van der Waals surface area contributed by atoms with E-state index in [9.17, 15) is 9.59 Å². The number of carbonyl (C=O) groups excluding carboxylic acids is 2. The number of nitrogen functional groups attached to an aromatic ring is 1. The van der Waals surface area contributed by atoms with Crippen LogP contribution in [0.5, 0.6) is 0 Å². The van der Waals surface area contributed by atoms with Gasteiger partial charge in [0.2, 0.25) is 0 Å². The van der Waals surface area contributed by atoms with Gasteiger partial charge in [-0.05, 0) is 17.7 Å². The Balaban J connectivity index is 1.99. The SMILES string of the molecule is Cn1ncc(-c2cccc(N3CCNC(=O)C3=O)c2)c1N. The third-order valence-corrected chi connectivity index (χ3v) is 3.51. The average molecular weight is 285 g/mol. The predicted molar refractivity (Wildman–Crippen MR) is 78.4 cm³/mol. The van der Waals surface area contributed by atoms with Gasteiger partial charge in [0.25, 0.3) is 0 Å². The summed E-state index contributed by atoms with van der Waals surface area (Å²) < 4.78 is 1.58. The number of piperazine rings is 1. The van der Waals surface area contributed by atoms with Crippen molar-refractivity contribution in [3.8, 4) is 11.1 Å². The minimum absolute atomic E-state index is 0.448. The minimum Gasteiger partial charge on any atom is -0.383 e. The smallest absolute Gasteiger partial charge is 0.316 e. The largest absolute Gasteiger partial charge is 0.383 e. The zero-order valence-corrected chi connectivity index (χ0v) is 11.5. The Morgan fingerprint density at radius 3 is 2.86 bits per heavy atom. The molecular formula is C14H15N5O2. The van der Waals surface area contributed by atoms with Crippen LogP contribution in [0.3, 0.4) is 0 Å². The highest BCUT2D eigenvalue weighted by Gasteiger charge is 2.27. The summed E-state index contributed by atoms with van der Waals surface area (Å²) in [6.07, 6.45) is 1.68. The monoisotopic (exact) mass is 285 g/mol. The van der Waals surface area contributed by atoms with Crippen LogP contribution in [-0.4, -0.2) is 34.7 Å². The van der Waals surface area contributed by atoms with Crippen molar-refractivity contribution >= 4 is 23.3 Å². The van der Waals surface area contributed by atoms with E-state index in [2.05, 4.69) is 10.4 Å². The van der Waals surface area contributed by atoms with Crippen molar-refractivity contribution in [1.29, 1.82) is 0 Å². The molecule has 7 nitrogen and oxygen atoms in total. The van der Waals surface area contributed by atoms with Crippen molar-refractivity contribution in [3.05, 3.63) is 30.5 Å². The van der Waals surface area contributed by atoms with Crippen LogP contribution in [0.15, 0.2) is 30.5 Å². The van der Waals surface area contributed by atoms with E-state index in [0.29, 0.717) is 24.6 Å². The first kappa shape index (κ1) is 13.2. The van der Waals surface area contributed by atoms with E-state index < -0.39 is 11.8 Å². The molecule has 0 spiro atoms. The fraction of sp³-hybridized carbons (Fsp3) is 0.214. The van der Waals surface area contributed by atoms with Crippen LogP contribution in [-0.2, 0) is 16.6 Å². The van der Waals surface area contributed by atoms with E-state index in [1.807, 2.05) is 18.2 Å². The van der Waals surface area contributed by atoms with Crippen molar-refractivity contribution in [3.63, 3.8) is 0 Å². The lowest BCUT2D eigenvalue weighted by Gasteiger charge is -2.26. The van der Waals surface area contributed by atoms with Crippen LogP contribution in [0.1, 0.15) is 0 Å². The summed E-state index contributed by atoms with van der Waals surface area (Å²) in [6.45, 7) is 0.903. The van der Waals surface area contributed by atoms with Gasteiger partial charge in [0.1, 0.15) is 5.82 Å². The number of hydrogen-bond acceptors (Lipinski definition) is 4. The molecular weight excluding hydrogens is 270 g/mol. The van der Waals surface area contributed by atoms with Crippen LogP contribution < -0.4 is 16.0 Å². The lowest BCUT2D eigenvalue weighted by atomic mass is 10.1. The van der Waals surface area contributed by atoms with Crippen molar-refractivity contribution in [2.75, 3.05) is 23.7 Å². The molecule has 2 aromatic rings. The second-order valence-corrected chi connectivity index (χ2v) is 4.83. The Kier molecular flexibility index (Phi) is 3.09. The Morgan fingerprint density at radius 2 is 2.14 bits per heavy atom. The number of hydrogen-bond donors (Lipinski definition) is 2. The van der Waals surface area contributed by atoms with E-state index in [-0.39, 0.29) is 0 Å². The first-order valence-corrected chi connectivity index (χ1v) is 6.55. The van der Waals surface area contributed by atoms with Crippen molar-refractivity contribution in [2.45, 2.75) is 0 Å². The van der Waals surface area contributed by atoms with Crippen molar-refractivity contribution in [2.24, 2.45) is 7.05 Å². The van der Waals surface area contributed by atoms with E-state index in [0.717, 1.165) is 11.1 Å². The summed E-state index contributed by atoms with van der Waals surface area (Å²) in [5.41, 5.74) is 8.30. The second kappa shape index (κ2) is 4.93. The normalized spacial score (nSPS) is 15.2. The number of rotatable bonds is 2. The van der Waals surface area contributed by atoms with Gasteiger partial charge in [-0.15, -0.1) is 0 Å². The third-order valence-electron chi connectivity index (χ3n) is 3.51. The molecule has 0 radical (unpaired) electrons. The van der Waals surface area contributed by atoms with E-state index in [4.69, 9.17) is 5.73 Å². The fourth-order valence-electron chi connectivity index (χ4n) is 2.34. The van der Waals surface area contributed by atoms with E-state index in [1.54, 1.807) is 24.0 Å². The first-order valence-electron chi connectivity index (χ1n) is 6.55. The third kappa shape index (κ3) is 2.22. The Bertz CT molecular complexity index is 722. The lowest BCUT2D eigenvalue weighted by molar-refractivity contribution is -0.138. The molecule has 3 N–H and O–H groups in total. The van der Waals surface area contributed by atoms with Gasteiger partial charge in [-0.3, -0.25) is 14.3 Å². The molecule has 1 saturated heterocycles. The Labute approximate surface area is 121 Å². The van der Waals surface area contributed by atoms with Crippen molar-refractivity contribution < 1.29 is 9.59 Å². The lowest BCUT2D eigenvalue weighted by Crippen LogP contribution is -2.52. The molecule has 7 heteroatoms. The molecule has 0 atom stereocenters. The van der Waals surface area contributed by atoms with Crippen molar-refractivity contribution in [1.82, 2.24) is 15.1 Å². The zero-order chi connectivity index (χ0) is 15.0. The molecule has 0 aliphatic carbocycles. The van der Waals surface area contributed by atoms with Gasteiger partial charge in [0.05, 0.1) is 6.20 Å². The minimum atomic E-state index is -0.576. The highest BCUT2D eigenvalue weighted by molar-refractivity contribution is 6.41. The van der Waals surface area contributed by atoms with Gasteiger partial charge in [-0.2, -0.15) is 5.10 Å². The number of aryl methyl sites for hydroxylation is 1. The maximum absolute atomic E-state index is 11.9. The number of anilines is 2. The van der Waals surface area contributed by atoms with Gasteiger partial charge >= 0.3 is 11.8 Å². The Morgan fingerprint density at radius 1 is 1.33 bits per heavy atom. The fourth-order valence-corrected chi connectivity index (χ4v) is 2.34. The molecule has 2 amide bonds. The molecule has 3 rings (SSSR count). The van der Waals surface area contributed by atoms with Gasteiger partial charge in [0, 0.05) is 31.4 Å². The van der Waals surface area contributed by atoms with Gasteiger partial charge in [-0.1, -0.05) is 12.1 Å². The molecule has 1 aliphatic heterocycles. The molecule has 1 aliphatic rings. The number of nitrogens with zero attached hydrogens (tertiary/aromatic N) is 3. The first-order chi connectivity index (χ1) is 10.1. The highest BCUT2D eigenvalue weighted by atomic mass is 16.2. The number of benzene rings is 1. The quantitative estimate of drug-likeness (QED) is 0.767. The summed E-state index contributed by atoms with van der Waals surface area (Å²) in [5, 5.41) is 6.64. The van der Waals surface area contributed by atoms with Gasteiger partial charge < -0.3 is 16.0 Å². The van der Waals surface area contributed by atoms with Crippen LogP contribution in [0.2, 0.25) is 0 Å². The van der Waals surface area contributed by atoms with Gasteiger partial charge in [0.15, 0.2) is 0 Å². The maximum atomic E-state index is 11.9. The standard InChI is InChI=1S/C14H15N5O2/c1-18-12(15)11(8-17-18)9-3-2-4-10(7-9)19-6-5-16-13(20)14(19)21/h2-4,7-8H,5-6,15H2,1H3,(H,16,20). The molecule has 0 bridgehead atoms. The van der Waals surface area contributed by atoms with E-state index >= 15 is 0 Å². The van der Waals surface area contributed by atoms with Crippen LogP contribution in [0, 0.1) is 0 Å². The zero-order valence-electron chi connectivity index (χ0n) is 11.5. The number of nitrogens with two attached hydrogens (primary N) is 1. The van der Waals surface area contributed by atoms with Crippen LogP contribution >= 0.6 is 0 Å². The molecule has 1 aromatic heterocycles. The molecule has 108 valence electrons. The predicted octanol–water partition coefficient (Wildman–Crippen LogP) is 0.132. The molecule has 0 unspecified atom stereocenters. The van der Waals surface area contributed by atoms with Crippen LogP contribution in [0.4, 0.5) is 11.5 Å². The topological polar surface area (TPSA) is 93.2 Å². The summed E-state index contributed by atoms with van der Waals surface area (Å²) in [7, 11) is 1.77. The van der Waals surface area contributed by atoms with Gasteiger partial charge in [-0.25, -0.2) is 0 Å². The second-order valence-electron chi connectivity index (χ2n) is 4.83. The average Bonchev–Trinajstić information content (AvgIpc) is 2.82.